The van der Waals surface area contributed by atoms with Crippen LogP contribution in [0.3, 0.4) is 0 Å². The Kier molecular flexibility index (Phi) is 5.20. The Hall–Kier alpha value is -1.79. The first kappa shape index (κ1) is 18.0. The molecular formula is C18H19ClN2O3S. The van der Waals surface area contributed by atoms with Crippen molar-refractivity contribution >= 4 is 40.4 Å². The second-order valence-electron chi connectivity index (χ2n) is 5.79. The number of aliphatic imine (C=N–C) groups is 1. The lowest BCUT2D eigenvalue weighted by molar-refractivity contribution is -0.139. The summed E-state index contributed by atoms with van der Waals surface area (Å²) >= 11 is 7.45. The summed E-state index contributed by atoms with van der Waals surface area (Å²) in [6.45, 7) is 5.77. The monoisotopic (exact) mass is 378 g/mol. The third-order valence-electron chi connectivity index (χ3n) is 4.20. The van der Waals surface area contributed by atoms with Crippen molar-refractivity contribution < 1.29 is 14.3 Å². The van der Waals surface area contributed by atoms with Crippen LogP contribution >= 0.6 is 23.4 Å². The number of hydrogen-bond donors (Lipinski definition) is 0. The average molecular weight is 379 g/mol. The van der Waals surface area contributed by atoms with Crippen LogP contribution in [-0.2, 0) is 14.3 Å². The highest BCUT2D eigenvalue weighted by atomic mass is 35.5. The molecule has 0 radical (unpaired) electrons. The van der Waals surface area contributed by atoms with Gasteiger partial charge in [-0.3, -0.25) is 9.69 Å². The zero-order valence-corrected chi connectivity index (χ0v) is 15.9. The summed E-state index contributed by atoms with van der Waals surface area (Å²) < 4.78 is 5.23. The zero-order chi connectivity index (χ0) is 18.1. The van der Waals surface area contributed by atoms with Crippen molar-refractivity contribution in [3.63, 3.8) is 0 Å². The smallest absolute Gasteiger partial charge is 0.338 e. The second-order valence-corrected chi connectivity index (χ2v) is 7.40. The number of rotatable bonds is 4. The molecule has 0 bridgehead atoms. The number of thioether (sulfide) groups is 1. The van der Waals surface area contributed by atoms with Crippen LogP contribution in [0.1, 0.15) is 38.8 Å². The van der Waals surface area contributed by atoms with E-state index in [9.17, 15) is 9.59 Å². The van der Waals surface area contributed by atoms with Crippen LogP contribution in [0.2, 0.25) is 5.02 Å². The van der Waals surface area contributed by atoms with Gasteiger partial charge in [0.15, 0.2) is 5.17 Å². The Balaban J connectivity index is 2.13. The molecule has 1 aromatic carbocycles. The van der Waals surface area contributed by atoms with Gasteiger partial charge in [0.05, 0.1) is 29.2 Å². The normalized spacial score (nSPS) is 22.8. The first-order chi connectivity index (χ1) is 12.0. The predicted octanol–water partition coefficient (Wildman–Crippen LogP) is 3.94. The number of benzene rings is 1. The lowest BCUT2D eigenvalue weighted by Crippen LogP contribution is -2.40. The number of fused-ring (bicyclic) bond motifs is 1. The molecular weight excluding hydrogens is 360 g/mol. The summed E-state index contributed by atoms with van der Waals surface area (Å²) in [6, 6.07) is 6.64. The van der Waals surface area contributed by atoms with Gasteiger partial charge in [0, 0.05) is 5.02 Å². The topological polar surface area (TPSA) is 59.0 Å². The summed E-state index contributed by atoms with van der Waals surface area (Å²) in [7, 11) is 0. The summed E-state index contributed by atoms with van der Waals surface area (Å²) in [5.41, 5.74) is 1.80. The van der Waals surface area contributed by atoms with Crippen LogP contribution < -0.4 is 0 Å². The highest BCUT2D eigenvalue weighted by Gasteiger charge is 2.47. The molecule has 2 atom stereocenters. The Morgan fingerprint density at radius 2 is 2.00 bits per heavy atom. The van der Waals surface area contributed by atoms with Gasteiger partial charge < -0.3 is 4.74 Å². The van der Waals surface area contributed by atoms with Gasteiger partial charge in [-0.15, -0.1) is 0 Å². The fourth-order valence-corrected chi connectivity index (χ4v) is 4.28. The van der Waals surface area contributed by atoms with Crippen LogP contribution in [0.5, 0.6) is 0 Å². The molecule has 5 nitrogen and oxygen atoms in total. The van der Waals surface area contributed by atoms with E-state index >= 15 is 0 Å². The van der Waals surface area contributed by atoms with Crippen LogP contribution in [0, 0.1) is 0 Å². The fourth-order valence-electron chi connectivity index (χ4n) is 3.02. The molecule has 1 amide bonds. The molecule has 0 unspecified atom stereocenters. The largest absolute Gasteiger partial charge is 0.463 e. The van der Waals surface area contributed by atoms with E-state index in [2.05, 4.69) is 4.99 Å². The maximum atomic E-state index is 12.9. The maximum Gasteiger partial charge on any atom is 0.338 e. The van der Waals surface area contributed by atoms with Gasteiger partial charge in [0.2, 0.25) is 5.91 Å². The predicted molar refractivity (Wildman–Crippen MR) is 99.5 cm³/mol. The molecule has 25 heavy (non-hydrogen) atoms. The van der Waals surface area contributed by atoms with Gasteiger partial charge in [-0.05, 0) is 38.0 Å². The molecule has 0 aromatic heterocycles. The minimum Gasteiger partial charge on any atom is -0.463 e. The Labute approximate surface area is 156 Å². The molecule has 2 aliphatic heterocycles. The quantitative estimate of drug-likeness (QED) is 0.744. The molecule has 0 saturated carbocycles. The van der Waals surface area contributed by atoms with E-state index in [1.165, 1.54) is 11.8 Å². The molecule has 2 heterocycles. The minimum absolute atomic E-state index is 0.0273. The number of nitrogens with zero attached hydrogens (tertiary/aromatic N) is 2. The molecule has 3 rings (SSSR count). The molecule has 0 N–H and O–H groups in total. The Morgan fingerprint density at radius 3 is 2.60 bits per heavy atom. The number of ether oxygens (including phenoxy) is 1. The van der Waals surface area contributed by atoms with Crippen molar-refractivity contribution in [1.82, 2.24) is 4.90 Å². The van der Waals surface area contributed by atoms with Gasteiger partial charge >= 0.3 is 5.97 Å². The molecule has 0 spiro atoms. The van der Waals surface area contributed by atoms with Crippen LogP contribution in [0.4, 0.5) is 0 Å². The SMILES string of the molecule is CCOC(=O)C1=C(C)N=C2S[C@H](CC)C(=O)N2[C@H]1c1ccc(Cl)cc1. The molecule has 2 aliphatic rings. The van der Waals surface area contributed by atoms with E-state index in [-0.39, 0.29) is 17.8 Å². The molecule has 1 aromatic rings. The van der Waals surface area contributed by atoms with E-state index in [0.29, 0.717) is 27.9 Å². The molecule has 132 valence electrons. The number of allylic oxidation sites excluding steroid dienone is 1. The highest BCUT2D eigenvalue weighted by molar-refractivity contribution is 8.15. The van der Waals surface area contributed by atoms with E-state index < -0.39 is 12.0 Å². The third kappa shape index (κ3) is 3.20. The van der Waals surface area contributed by atoms with Gasteiger partial charge in [-0.2, -0.15) is 0 Å². The van der Waals surface area contributed by atoms with E-state index in [1.54, 1.807) is 30.9 Å². The first-order valence-electron chi connectivity index (χ1n) is 8.19. The Bertz CT molecular complexity index is 773. The molecule has 1 saturated heterocycles. The van der Waals surface area contributed by atoms with Gasteiger partial charge in [-0.1, -0.05) is 42.4 Å². The van der Waals surface area contributed by atoms with Gasteiger partial charge in [0.25, 0.3) is 0 Å². The maximum absolute atomic E-state index is 12.9. The van der Waals surface area contributed by atoms with E-state index in [1.807, 2.05) is 19.1 Å². The highest BCUT2D eigenvalue weighted by Crippen LogP contribution is 2.44. The number of halogens is 1. The zero-order valence-electron chi connectivity index (χ0n) is 14.3. The van der Waals surface area contributed by atoms with Gasteiger partial charge in [0.1, 0.15) is 0 Å². The van der Waals surface area contributed by atoms with Crippen molar-refractivity contribution in [2.24, 2.45) is 4.99 Å². The number of hydrogen-bond acceptors (Lipinski definition) is 5. The summed E-state index contributed by atoms with van der Waals surface area (Å²) in [6.07, 6.45) is 0.708. The van der Waals surface area contributed by atoms with Crippen molar-refractivity contribution in [2.75, 3.05) is 6.61 Å². The van der Waals surface area contributed by atoms with Crippen LogP contribution in [0.25, 0.3) is 0 Å². The number of amidine groups is 1. The minimum atomic E-state index is -0.541. The van der Waals surface area contributed by atoms with Gasteiger partial charge in [-0.25, -0.2) is 9.79 Å². The number of esters is 1. The lowest BCUT2D eigenvalue weighted by atomic mass is 9.94. The molecule has 7 heteroatoms. The second kappa shape index (κ2) is 7.22. The number of carbonyl (C=O) groups excluding carboxylic acids is 2. The summed E-state index contributed by atoms with van der Waals surface area (Å²) in [4.78, 5) is 31.6. The first-order valence-corrected chi connectivity index (χ1v) is 9.45. The Morgan fingerprint density at radius 1 is 1.32 bits per heavy atom. The summed E-state index contributed by atoms with van der Waals surface area (Å²) in [5, 5.41) is 1.06. The average Bonchev–Trinajstić information content (AvgIpc) is 2.90. The number of amides is 1. The molecule has 1 fully saturated rings. The van der Waals surface area contributed by atoms with E-state index in [0.717, 1.165) is 5.56 Å². The van der Waals surface area contributed by atoms with Crippen molar-refractivity contribution in [1.29, 1.82) is 0 Å². The number of carbonyl (C=O) groups is 2. The van der Waals surface area contributed by atoms with Crippen LogP contribution in [0.15, 0.2) is 40.5 Å². The van der Waals surface area contributed by atoms with Crippen LogP contribution in [-0.4, -0.2) is 33.8 Å². The van der Waals surface area contributed by atoms with Crippen molar-refractivity contribution in [3.05, 3.63) is 46.1 Å². The summed E-state index contributed by atoms with van der Waals surface area (Å²) in [5.74, 6) is -0.471. The molecule has 0 aliphatic carbocycles. The standard InChI is InChI=1S/C18H19ClN2O3S/c1-4-13-16(22)21-15(11-6-8-12(19)9-7-11)14(17(23)24-5-2)10(3)20-18(21)25-13/h6-9,13,15H,4-5H2,1-3H3/t13-,15+/m1/s1. The van der Waals surface area contributed by atoms with E-state index in [4.69, 9.17) is 16.3 Å². The van der Waals surface area contributed by atoms with Crippen molar-refractivity contribution in [2.45, 2.75) is 38.5 Å². The fraction of sp³-hybridized carbons (Fsp3) is 0.389. The lowest BCUT2D eigenvalue weighted by Gasteiger charge is -2.33. The third-order valence-corrected chi connectivity index (χ3v) is 5.77. The van der Waals surface area contributed by atoms with Crippen molar-refractivity contribution in [3.8, 4) is 0 Å².